The third kappa shape index (κ3) is 10.7. The van der Waals surface area contributed by atoms with Crippen molar-refractivity contribution < 1.29 is 20.1 Å². The number of aliphatic hydroxyl groups is 2. The van der Waals surface area contributed by atoms with Crippen LogP contribution in [0.4, 0.5) is 0 Å². The molecule has 0 amide bonds. The first-order valence-electron chi connectivity index (χ1n) is 9.56. The van der Waals surface area contributed by atoms with E-state index in [9.17, 15) is 30.4 Å². The van der Waals surface area contributed by atoms with Crippen molar-refractivity contribution in [1.29, 1.82) is 0 Å². The van der Waals surface area contributed by atoms with Gasteiger partial charge in [-0.15, -0.1) is 0 Å². The van der Waals surface area contributed by atoms with Crippen LogP contribution in [0.5, 0.6) is 0 Å². The summed E-state index contributed by atoms with van der Waals surface area (Å²) in [7, 11) is 0. The van der Waals surface area contributed by atoms with Crippen LogP contribution in [0.25, 0.3) is 0 Å². The maximum Gasteiger partial charge on any atom is 0.241 e. The number of nitrogens with zero attached hydrogens (tertiary/aromatic N) is 2. The van der Waals surface area contributed by atoms with Crippen LogP contribution >= 0.6 is 0 Å². The van der Waals surface area contributed by atoms with E-state index in [1.807, 2.05) is 0 Å². The topological polar surface area (TPSA) is 127 Å². The van der Waals surface area contributed by atoms with Crippen LogP contribution in [0, 0.1) is 34.1 Å². The number of rotatable bonds is 17. The van der Waals surface area contributed by atoms with Crippen molar-refractivity contribution in [3.8, 4) is 0 Å². The lowest BCUT2D eigenvalue weighted by molar-refractivity contribution is -0.554. The first kappa shape index (κ1) is 24.7. The summed E-state index contributed by atoms with van der Waals surface area (Å²) in [5, 5.41) is 42.7. The Bertz CT molecular complexity index is 394. The van der Waals surface area contributed by atoms with Crippen LogP contribution in [-0.2, 0) is 0 Å². The molecule has 0 heterocycles. The monoisotopic (exact) mass is 374 g/mol. The molecule has 0 spiro atoms. The van der Waals surface area contributed by atoms with Crippen molar-refractivity contribution in [1.82, 2.24) is 0 Å². The average molecular weight is 374 g/mol. The van der Waals surface area contributed by atoms with E-state index in [1.54, 1.807) is 0 Å². The molecule has 2 N–H and O–H groups in total. The summed E-state index contributed by atoms with van der Waals surface area (Å²) in [4.78, 5) is 21.2. The summed E-state index contributed by atoms with van der Waals surface area (Å²) in [5.41, 5.74) is 0. The summed E-state index contributed by atoms with van der Waals surface area (Å²) in [6.07, 6.45) is 4.71. The average Bonchev–Trinajstić information content (AvgIpc) is 2.58. The zero-order valence-electron chi connectivity index (χ0n) is 15.6. The Morgan fingerprint density at radius 3 is 1.69 bits per heavy atom. The standard InChI is InChI=1S/C18H34N2O6/c1-3-5-7-8-9-11-13-17(21)16(20(25)26)14-18(22)15(19(23)24)12-10-6-4-2/h15-18,21-22H,1-14H2. The summed E-state index contributed by atoms with van der Waals surface area (Å²) in [6, 6.07) is -2.64. The molecule has 0 saturated carbocycles. The normalized spacial score (nSPS) is 16.0. The molecule has 26 heavy (non-hydrogen) atoms. The third-order valence-corrected chi connectivity index (χ3v) is 4.66. The van der Waals surface area contributed by atoms with Gasteiger partial charge in [-0.25, -0.2) is 0 Å². The molecule has 4 atom stereocenters. The van der Waals surface area contributed by atoms with Gasteiger partial charge in [0.2, 0.25) is 12.1 Å². The molecule has 0 aromatic rings. The van der Waals surface area contributed by atoms with Crippen LogP contribution in [0.1, 0.15) is 77.0 Å². The van der Waals surface area contributed by atoms with Crippen LogP contribution in [0.3, 0.4) is 0 Å². The molecule has 0 aliphatic carbocycles. The number of unbranched alkanes of at least 4 members (excludes halogenated alkanes) is 7. The first-order chi connectivity index (χ1) is 12.3. The summed E-state index contributed by atoms with van der Waals surface area (Å²) in [6.45, 7) is 7.42. The van der Waals surface area contributed by atoms with Crippen molar-refractivity contribution in [3.63, 3.8) is 0 Å². The summed E-state index contributed by atoms with van der Waals surface area (Å²) < 4.78 is 0. The van der Waals surface area contributed by atoms with Gasteiger partial charge in [-0.1, -0.05) is 65.2 Å². The second kappa shape index (κ2) is 14.8. The molecular weight excluding hydrogens is 340 g/mol. The fourth-order valence-corrected chi connectivity index (χ4v) is 3.01. The second-order valence-corrected chi connectivity index (χ2v) is 6.84. The minimum absolute atomic E-state index is 0.149. The van der Waals surface area contributed by atoms with E-state index < -0.39 is 40.6 Å². The highest BCUT2D eigenvalue weighted by atomic mass is 16.6. The van der Waals surface area contributed by atoms with Gasteiger partial charge in [-0.3, -0.25) is 20.2 Å². The molecule has 0 saturated heterocycles. The Hall–Kier alpha value is -1.28. The van der Waals surface area contributed by atoms with E-state index in [4.69, 9.17) is 0 Å². The Labute approximate surface area is 156 Å². The van der Waals surface area contributed by atoms with Crippen molar-refractivity contribution in [2.24, 2.45) is 0 Å². The van der Waals surface area contributed by atoms with Gasteiger partial charge in [0.1, 0.15) is 12.2 Å². The first-order valence-corrected chi connectivity index (χ1v) is 9.56. The Morgan fingerprint density at radius 1 is 0.692 bits per heavy atom. The van der Waals surface area contributed by atoms with Gasteiger partial charge >= 0.3 is 0 Å². The smallest absolute Gasteiger partial charge is 0.241 e. The van der Waals surface area contributed by atoms with Gasteiger partial charge in [0.05, 0.1) is 6.42 Å². The molecule has 0 rings (SSSR count). The molecule has 8 heteroatoms. The van der Waals surface area contributed by atoms with Gasteiger partial charge in [0, 0.05) is 16.3 Å². The lowest BCUT2D eigenvalue weighted by Crippen LogP contribution is -2.42. The zero-order chi connectivity index (χ0) is 19.9. The van der Waals surface area contributed by atoms with Gasteiger partial charge in [-0.2, -0.15) is 0 Å². The molecular formula is C18H34N2O6. The fraction of sp³-hybridized carbons (Fsp3) is 0.889. The van der Waals surface area contributed by atoms with Crippen molar-refractivity contribution in [2.75, 3.05) is 0 Å². The molecule has 152 valence electrons. The predicted molar refractivity (Wildman–Crippen MR) is 99.7 cm³/mol. The van der Waals surface area contributed by atoms with E-state index in [0.717, 1.165) is 32.1 Å². The summed E-state index contributed by atoms with van der Waals surface area (Å²) >= 11 is 0. The lowest BCUT2D eigenvalue weighted by atomic mass is 9.94. The largest absolute Gasteiger partial charge is 0.386 e. The minimum atomic E-state index is -1.45. The number of hydrogen-bond acceptors (Lipinski definition) is 6. The Morgan fingerprint density at radius 2 is 1.15 bits per heavy atom. The molecule has 0 aromatic heterocycles. The van der Waals surface area contributed by atoms with Gasteiger partial charge in [0.25, 0.3) is 0 Å². The lowest BCUT2D eigenvalue weighted by Gasteiger charge is -2.21. The van der Waals surface area contributed by atoms with Crippen LogP contribution in [-0.4, -0.2) is 44.4 Å². The number of aliphatic hydroxyl groups excluding tert-OH is 2. The van der Waals surface area contributed by atoms with Crippen LogP contribution < -0.4 is 0 Å². The molecule has 0 aromatic carbocycles. The molecule has 0 aliphatic heterocycles. The van der Waals surface area contributed by atoms with Crippen molar-refractivity contribution in [3.05, 3.63) is 34.1 Å². The van der Waals surface area contributed by atoms with E-state index in [1.165, 1.54) is 0 Å². The van der Waals surface area contributed by atoms with Crippen molar-refractivity contribution >= 4 is 0 Å². The van der Waals surface area contributed by atoms with E-state index >= 15 is 0 Å². The van der Waals surface area contributed by atoms with Crippen LogP contribution in [0.15, 0.2) is 0 Å². The third-order valence-electron chi connectivity index (χ3n) is 4.66. The minimum Gasteiger partial charge on any atom is -0.386 e. The second-order valence-electron chi connectivity index (χ2n) is 6.84. The molecule has 4 unspecified atom stereocenters. The predicted octanol–water partition coefficient (Wildman–Crippen LogP) is 3.35. The number of hydrogen-bond donors (Lipinski definition) is 2. The van der Waals surface area contributed by atoms with E-state index in [2.05, 4.69) is 13.8 Å². The molecule has 8 nitrogen and oxygen atoms in total. The fourth-order valence-electron chi connectivity index (χ4n) is 3.01. The molecule has 2 radical (unpaired) electrons. The molecule has 0 aliphatic rings. The van der Waals surface area contributed by atoms with E-state index in [0.29, 0.717) is 25.7 Å². The quantitative estimate of drug-likeness (QED) is 0.228. The number of nitro groups is 2. The van der Waals surface area contributed by atoms with Gasteiger partial charge < -0.3 is 10.2 Å². The highest BCUT2D eigenvalue weighted by Crippen LogP contribution is 2.19. The maximum atomic E-state index is 11.3. The maximum absolute atomic E-state index is 11.3. The Balaban J connectivity index is 4.52. The molecule has 0 fully saturated rings. The van der Waals surface area contributed by atoms with E-state index in [-0.39, 0.29) is 12.8 Å². The summed E-state index contributed by atoms with van der Waals surface area (Å²) in [5.74, 6) is 0. The SMILES string of the molecule is [CH2]CCCCCCCC(O)C(CC(O)C(CCCC[CH2])[N+](=O)[O-])[N+](=O)[O-]. The molecule has 0 bridgehead atoms. The highest BCUT2D eigenvalue weighted by Gasteiger charge is 2.38. The van der Waals surface area contributed by atoms with Gasteiger partial charge in [0.15, 0.2) is 0 Å². The van der Waals surface area contributed by atoms with Crippen LogP contribution in [0.2, 0.25) is 0 Å². The van der Waals surface area contributed by atoms with Gasteiger partial charge in [-0.05, 0) is 12.8 Å². The zero-order valence-corrected chi connectivity index (χ0v) is 15.6. The van der Waals surface area contributed by atoms with Crippen molar-refractivity contribution in [2.45, 2.75) is 101 Å². The Kier molecular flexibility index (Phi) is 14.1. The highest BCUT2D eigenvalue weighted by molar-refractivity contribution is 4.77.